The Bertz CT molecular complexity index is 279. The summed E-state index contributed by atoms with van der Waals surface area (Å²) in [6.07, 6.45) is 0.653. The van der Waals surface area contributed by atoms with E-state index in [9.17, 15) is 5.11 Å². The van der Waals surface area contributed by atoms with E-state index in [-0.39, 0.29) is 6.04 Å². The number of aliphatic hydroxyl groups excluding tert-OH is 1. The number of nitrogens with one attached hydrogen (secondary N) is 1. The van der Waals surface area contributed by atoms with Gasteiger partial charge in [0.2, 0.25) is 0 Å². The van der Waals surface area contributed by atoms with E-state index < -0.39 is 6.10 Å². The van der Waals surface area contributed by atoms with E-state index in [1.807, 2.05) is 24.3 Å². The number of rotatable bonds is 2. The van der Waals surface area contributed by atoms with Crippen LogP contribution in [0.1, 0.15) is 18.1 Å². The molecular formula is C10H14N2O. The van der Waals surface area contributed by atoms with Gasteiger partial charge in [0, 0.05) is 11.7 Å². The third-order valence-corrected chi connectivity index (χ3v) is 2.52. The molecule has 0 bridgehead atoms. The van der Waals surface area contributed by atoms with Gasteiger partial charge in [0.25, 0.3) is 0 Å². The van der Waals surface area contributed by atoms with Gasteiger partial charge in [0.05, 0.1) is 6.10 Å². The Hall–Kier alpha value is -1.06. The third kappa shape index (κ3) is 1.66. The summed E-state index contributed by atoms with van der Waals surface area (Å²) in [4.78, 5) is 0. The van der Waals surface area contributed by atoms with Crippen LogP contribution in [0.2, 0.25) is 0 Å². The molecular weight excluding hydrogens is 164 g/mol. The van der Waals surface area contributed by atoms with Crippen LogP contribution in [0.5, 0.6) is 0 Å². The van der Waals surface area contributed by atoms with E-state index in [1.165, 1.54) is 0 Å². The van der Waals surface area contributed by atoms with Crippen molar-refractivity contribution in [3.8, 4) is 0 Å². The number of anilines is 1. The maximum Gasteiger partial charge on any atom is 0.0943 e. The Balaban J connectivity index is 2.10. The van der Waals surface area contributed by atoms with Crippen LogP contribution in [-0.2, 0) is 0 Å². The maximum atomic E-state index is 9.83. The van der Waals surface area contributed by atoms with Crippen molar-refractivity contribution in [2.45, 2.75) is 18.6 Å². The number of nitrogen functional groups attached to an aromatic ring is 1. The Morgan fingerprint density at radius 1 is 1.38 bits per heavy atom. The Morgan fingerprint density at radius 2 is 2.00 bits per heavy atom. The highest BCUT2D eigenvalue weighted by atomic mass is 16.3. The molecule has 4 N–H and O–H groups in total. The van der Waals surface area contributed by atoms with Gasteiger partial charge in [-0.2, -0.15) is 0 Å². The van der Waals surface area contributed by atoms with Crippen LogP contribution in [-0.4, -0.2) is 17.7 Å². The molecule has 3 heteroatoms. The summed E-state index contributed by atoms with van der Waals surface area (Å²) in [5.74, 6) is 0. The summed E-state index contributed by atoms with van der Waals surface area (Å²) < 4.78 is 0. The first-order valence-corrected chi connectivity index (χ1v) is 4.54. The molecule has 0 aliphatic carbocycles. The predicted octanol–water partition coefficient (Wildman–Crippen LogP) is 0.664. The van der Waals surface area contributed by atoms with Crippen molar-refractivity contribution in [3.63, 3.8) is 0 Å². The van der Waals surface area contributed by atoms with Crippen molar-refractivity contribution in [1.29, 1.82) is 0 Å². The molecule has 2 rings (SSSR count). The molecule has 0 amide bonds. The minimum absolute atomic E-state index is 0.226. The minimum atomic E-state index is -0.394. The van der Waals surface area contributed by atoms with Crippen molar-refractivity contribution in [2.24, 2.45) is 0 Å². The molecule has 1 aromatic carbocycles. The molecule has 2 atom stereocenters. The summed E-state index contributed by atoms with van der Waals surface area (Å²) in [6.45, 7) is 1.01. The monoisotopic (exact) mass is 178 g/mol. The van der Waals surface area contributed by atoms with Crippen molar-refractivity contribution in [1.82, 2.24) is 5.32 Å². The Labute approximate surface area is 77.6 Å². The van der Waals surface area contributed by atoms with E-state index >= 15 is 0 Å². The van der Waals surface area contributed by atoms with Gasteiger partial charge in [0.1, 0.15) is 0 Å². The highest BCUT2D eigenvalue weighted by Gasteiger charge is 2.25. The summed E-state index contributed by atoms with van der Waals surface area (Å²) in [5, 5.41) is 13.0. The first kappa shape index (κ1) is 8.53. The summed E-state index contributed by atoms with van der Waals surface area (Å²) >= 11 is 0. The zero-order valence-corrected chi connectivity index (χ0v) is 7.40. The third-order valence-electron chi connectivity index (χ3n) is 2.52. The number of hydrogen-bond donors (Lipinski definition) is 3. The molecule has 1 saturated heterocycles. The van der Waals surface area contributed by atoms with Gasteiger partial charge in [-0.15, -0.1) is 0 Å². The molecule has 1 aliphatic heterocycles. The van der Waals surface area contributed by atoms with Crippen molar-refractivity contribution >= 4 is 5.69 Å². The summed E-state index contributed by atoms with van der Waals surface area (Å²) in [7, 11) is 0. The average Bonchev–Trinajstić information content (AvgIpc) is 2.02. The molecule has 1 fully saturated rings. The van der Waals surface area contributed by atoms with Crippen LogP contribution in [0.25, 0.3) is 0 Å². The highest BCUT2D eigenvalue weighted by Crippen LogP contribution is 2.23. The predicted molar refractivity (Wildman–Crippen MR) is 52.2 cm³/mol. The van der Waals surface area contributed by atoms with Crippen LogP contribution in [0, 0.1) is 0 Å². The summed E-state index contributed by atoms with van der Waals surface area (Å²) in [5.41, 5.74) is 7.22. The Morgan fingerprint density at radius 3 is 2.46 bits per heavy atom. The molecule has 1 aromatic rings. The maximum absolute atomic E-state index is 9.83. The van der Waals surface area contributed by atoms with Crippen molar-refractivity contribution in [2.75, 3.05) is 12.3 Å². The van der Waals surface area contributed by atoms with Crippen LogP contribution in [0.15, 0.2) is 24.3 Å². The summed E-state index contributed by atoms with van der Waals surface area (Å²) in [6, 6.07) is 7.61. The van der Waals surface area contributed by atoms with Crippen LogP contribution >= 0.6 is 0 Å². The fourth-order valence-corrected chi connectivity index (χ4v) is 1.51. The van der Waals surface area contributed by atoms with Gasteiger partial charge in [-0.1, -0.05) is 12.1 Å². The fraction of sp³-hybridized carbons (Fsp3) is 0.400. The van der Waals surface area contributed by atoms with Crippen molar-refractivity contribution in [3.05, 3.63) is 29.8 Å². The highest BCUT2D eigenvalue weighted by molar-refractivity contribution is 5.40. The second-order valence-corrected chi connectivity index (χ2v) is 3.46. The Kier molecular flexibility index (Phi) is 2.20. The lowest BCUT2D eigenvalue weighted by molar-refractivity contribution is 0.0957. The van der Waals surface area contributed by atoms with Crippen LogP contribution < -0.4 is 11.1 Å². The second-order valence-electron chi connectivity index (χ2n) is 3.46. The molecule has 70 valence electrons. The lowest BCUT2D eigenvalue weighted by Crippen LogP contribution is -2.46. The van der Waals surface area contributed by atoms with E-state index in [4.69, 9.17) is 5.73 Å². The van der Waals surface area contributed by atoms with Gasteiger partial charge in [-0.25, -0.2) is 0 Å². The molecule has 0 spiro atoms. The molecule has 3 nitrogen and oxygen atoms in total. The number of benzene rings is 1. The van der Waals surface area contributed by atoms with Gasteiger partial charge in [-0.05, 0) is 30.7 Å². The lowest BCUT2D eigenvalue weighted by atomic mass is 9.95. The van der Waals surface area contributed by atoms with Crippen LogP contribution in [0.3, 0.4) is 0 Å². The van der Waals surface area contributed by atoms with Gasteiger partial charge >= 0.3 is 0 Å². The molecule has 1 aliphatic rings. The molecule has 0 saturated carbocycles. The minimum Gasteiger partial charge on any atom is -0.399 e. The molecule has 13 heavy (non-hydrogen) atoms. The fourth-order valence-electron chi connectivity index (χ4n) is 1.51. The van der Waals surface area contributed by atoms with Gasteiger partial charge in [-0.3, -0.25) is 0 Å². The lowest BCUT2D eigenvalue weighted by Gasteiger charge is -2.32. The van der Waals surface area contributed by atoms with Gasteiger partial charge in [0.15, 0.2) is 0 Å². The molecule has 2 unspecified atom stereocenters. The molecule has 0 radical (unpaired) electrons. The first-order valence-electron chi connectivity index (χ1n) is 4.54. The van der Waals surface area contributed by atoms with E-state index in [0.717, 1.165) is 24.2 Å². The zero-order chi connectivity index (χ0) is 9.26. The second kappa shape index (κ2) is 3.36. The topological polar surface area (TPSA) is 58.3 Å². The van der Waals surface area contributed by atoms with Crippen molar-refractivity contribution < 1.29 is 5.11 Å². The van der Waals surface area contributed by atoms with E-state index in [2.05, 4.69) is 5.32 Å². The zero-order valence-electron chi connectivity index (χ0n) is 7.40. The largest absolute Gasteiger partial charge is 0.399 e. The van der Waals surface area contributed by atoms with E-state index in [1.54, 1.807) is 0 Å². The molecule has 1 heterocycles. The van der Waals surface area contributed by atoms with Gasteiger partial charge < -0.3 is 16.2 Å². The van der Waals surface area contributed by atoms with Crippen LogP contribution in [0.4, 0.5) is 5.69 Å². The number of nitrogens with two attached hydrogens (primary N) is 1. The first-order chi connectivity index (χ1) is 6.27. The van der Waals surface area contributed by atoms with E-state index in [0.29, 0.717) is 0 Å². The normalized spacial score (nSPS) is 23.6. The number of aliphatic hydroxyl groups is 1. The average molecular weight is 178 g/mol. The number of hydrogen-bond acceptors (Lipinski definition) is 3. The SMILES string of the molecule is Nc1ccc(C(O)C2CCN2)cc1. The quantitative estimate of drug-likeness (QED) is 0.583. The molecule has 0 aromatic heterocycles. The standard InChI is InChI=1S/C10H14N2O/c11-8-3-1-7(2-4-8)10(13)9-5-6-12-9/h1-4,9-10,12-13H,5-6,11H2. The smallest absolute Gasteiger partial charge is 0.0943 e.